The Kier molecular flexibility index (Phi) is 11.6. The highest BCUT2D eigenvalue weighted by Crippen LogP contribution is 2.33. The number of anilines is 1. The Morgan fingerprint density at radius 3 is 2.66 bits per heavy atom. The quantitative estimate of drug-likeness (QED) is 0.208. The molecule has 1 atom stereocenters. The summed E-state index contributed by atoms with van der Waals surface area (Å²) in [5.41, 5.74) is -0.769. The molecule has 0 bridgehead atoms. The smallest absolute Gasteiger partial charge is 0.379 e. The van der Waals surface area contributed by atoms with Crippen LogP contribution in [0.25, 0.3) is 0 Å². The average molecular weight is 530 g/mol. The molecular formula is C18H30F3IN6O. The van der Waals surface area contributed by atoms with Crippen molar-refractivity contribution in [3.8, 4) is 0 Å². The number of nitrogens with one attached hydrogen (secondary N) is 3. The van der Waals surface area contributed by atoms with Crippen molar-refractivity contribution in [1.29, 1.82) is 0 Å². The third-order valence-corrected chi connectivity index (χ3v) is 4.35. The molecule has 0 spiro atoms. The maximum absolute atomic E-state index is 13.0. The van der Waals surface area contributed by atoms with Crippen LogP contribution in [0.5, 0.6) is 0 Å². The molecule has 29 heavy (non-hydrogen) atoms. The van der Waals surface area contributed by atoms with Crippen LogP contribution < -0.4 is 16.0 Å². The lowest BCUT2D eigenvalue weighted by molar-refractivity contribution is -0.137. The zero-order valence-corrected chi connectivity index (χ0v) is 19.1. The minimum atomic E-state index is -4.43. The predicted octanol–water partition coefficient (Wildman–Crippen LogP) is 2.41. The van der Waals surface area contributed by atoms with Gasteiger partial charge in [0, 0.05) is 45.0 Å². The topological polar surface area (TPSA) is 73.8 Å². The Morgan fingerprint density at radius 1 is 1.28 bits per heavy atom. The number of aromatic nitrogens is 1. The molecule has 11 heteroatoms. The first-order valence-electron chi connectivity index (χ1n) is 9.52. The molecule has 1 aliphatic rings. The number of nitrogens with zero attached hydrogens (tertiary/aromatic N) is 3. The number of pyridine rings is 1. The van der Waals surface area contributed by atoms with Gasteiger partial charge in [-0.05, 0) is 26.0 Å². The summed E-state index contributed by atoms with van der Waals surface area (Å²) in [6.45, 7) is 9.38. The minimum absolute atomic E-state index is 0. The van der Waals surface area contributed by atoms with Crippen molar-refractivity contribution in [3.63, 3.8) is 0 Å². The third-order valence-electron chi connectivity index (χ3n) is 4.35. The molecule has 1 unspecified atom stereocenters. The second-order valence-corrected chi connectivity index (χ2v) is 6.47. The lowest BCUT2D eigenvalue weighted by Gasteiger charge is -2.31. The van der Waals surface area contributed by atoms with Crippen LogP contribution in [0.15, 0.2) is 23.3 Å². The molecule has 1 fully saturated rings. The molecule has 7 nitrogen and oxygen atoms in total. The number of morpholine rings is 1. The van der Waals surface area contributed by atoms with Crippen molar-refractivity contribution in [3.05, 3.63) is 23.9 Å². The fourth-order valence-electron chi connectivity index (χ4n) is 2.84. The molecule has 0 amide bonds. The number of hydrogen-bond acceptors (Lipinski definition) is 5. The lowest BCUT2D eigenvalue weighted by atomic mass is 10.2. The number of alkyl halides is 3. The highest BCUT2D eigenvalue weighted by Gasteiger charge is 2.33. The molecule has 0 radical (unpaired) electrons. The summed E-state index contributed by atoms with van der Waals surface area (Å²) < 4.78 is 44.3. The van der Waals surface area contributed by atoms with E-state index in [-0.39, 0.29) is 36.3 Å². The van der Waals surface area contributed by atoms with Crippen LogP contribution >= 0.6 is 24.0 Å². The number of rotatable bonds is 8. The summed E-state index contributed by atoms with van der Waals surface area (Å²) in [5.74, 6) is 0.473. The zero-order chi connectivity index (χ0) is 20.4. The monoisotopic (exact) mass is 530 g/mol. The summed E-state index contributed by atoms with van der Waals surface area (Å²) in [6, 6.07) is 2.58. The van der Waals surface area contributed by atoms with Crippen molar-refractivity contribution in [2.24, 2.45) is 4.99 Å². The van der Waals surface area contributed by atoms with E-state index in [2.05, 4.69) is 37.8 Å². The molecule has 1 aliphatic heterocycles. The minimum Gasteiger partial charge on any atom is -0.379 e. The van der Waals surface area contributed by atoms with Gasteiger partial charge in [-0.15, -0.1) is 24.0 Å². The van der Waals surface area contributed by atoms with Crippen molar-refractivity contribution in [2.75, 3.05) is 57.8 Å². The highest BCUT2D eigenvalue weighted by molar-refractivity contribution is 14.0. The Labute approximate surface area is 186 Å². The SMILES string of the molecule is CCNC(=NCC(C)N1CCOCC1)NCCNc1ncccc1C(F)(F)F.I. The van der Waals surface area contributed by atoms with Gasteiger partial charge in [0.1, 0.15) is 5.82 Å². The van der Waals surface area contributed by atoms with Crippen LogP contribution in [-0.4, -0.2) is 74.4 Å². The van der Waals surface area contributed by atoms with E-state index in [4.69, 9.17) is 4.74 Å². The third kappa shape index (κ3) is 8.91. The molecule has 0 saturated carbocycles. The summed E-state index contributed by atoms with van der Waals surface area (Å²) in [6.07, 6.45) is -3.10. The van der Waals surface area contributed by atoms with E-state index in [1.807, 2.05) is 6.92 Å². The second kappa shape index (κ2) is 13.1. The number of aliphatic imine (C=N–C) groups is 1. The summed E-state index contributed by atoms with van der Waals surface area (Å²) in [4.78, 5) is 10.7. The molecule has 2 heterocycles. The van der Waals surface area contributed by atoms with Gasteiger partial charge in [0.25, 0.3) is 0 Å². The normalized spacial score (nSPS) is 16.7. The first-order valence-corrected chi connectivity index (χ1v) is 9.52. The number of halogens is 4. The van der Waals surface area contributed by atoms with Gasteiger partial charge in [0.2, 0.25) is 0 Å². The molecule has 1 aromatic rings. The predicted molar refractivity (Wildman–Crippen MR) is 119 cm³/mol. The number of hydrogen-bond donors (Lipinski definition) is 3. The molecule has 2 rings (SSSR count). The van der Waals surface area contributed by atoms with Crippen LogP contribution in [0.4, 0.5) is 19.0 Å². The van der Waals surface area contributed by atoms with Crippen LogP contribution in [-0.2, 0) is 10.9 Å². The lowest BCUT2D eigenvalue weighted by Crippen LogP contribution is -2.45. The van der Waals surface area contributed by atoms with Gasteiger partial charge < -0.3 is 20.7 Å². The molecule has 1 saturated heterocycles. The van der Waals surface area contributed by atoms with Crippen molar-refractivity contribution in [2.45, 2.75) is 26.1 Å². The van der Waals surface area contributed by atoms with Crippen molar-refractivity contribution in [1.82, 2.24) is 20.5 Å². The van der Waals surface area contributed by atoms with Crippen LogP contribution in [0.1, 0.15) is 19.4 Å². The van der Waals surface area contributed by atoms with Gasteiger partial charge in [0.15, 0.2) is 5.96 Å². The molecule has 0 aliphatic carbocycles. The molecule has 166 valence electrons. The van der Waals surface area contributed by atoms with E-state index in [0.717, 1.165) is 32.4 Å². The first-order chi connectivity index (χ1) is 13.4. The molecular weight excluding hydrogens is 500 g/mol. The van der Waals surface area contributed by atoms with Crippen LogP contribution in [0.2, 0.25) is 0 Å². The highest BCUT2D eigenvalue weighted by atomic mass is 127. The first kappa shape index (κ1) is 25.7. The molecule has 1 aromatic heterocycles. The van der Waals surface area contributed by atoms with E-state index >= 15 is 0 Å². The Balaban J connectivity index is 0.00000420. The van der Waals surface area contributed by atoms with Gasteiger partial charge in [-0.2, -0.15) is 13.2 Å². The van der Waals surface area contributed by atoms with Gasteiger partial charge in [-0.1, -0.05) is 0 Å². The number of ether oxygens (including phenoxy) is 1. The van der Waals surface area contributed by atoms with Crippen molar-refractivity contribution < 1.29 is 17.9 Å². The van der Waals surface area contributed by atoms with Crippen LogP contribution in [0, 0.1) is 0 Å². The second-order valence-electron chi connectivity index (χ2n) is 6.47. The largest absolute Gasteiger partial charge is 0.419 e. The Hall–Kier alpha value is -1.34. The van der Waals surface area contributed by atoms with Crippen molar-refractivity contribution >= 4 is 35.8 Å². The van der Waals surface area contributed by atoms with Gasteiger partial charge in [-0.3, -0.25) is 9.89 Å². The van der Waals surface area contributed by atoms with Crippen LogP contribution in [0.3, 0.4) is 0 Å². The summed E-state index contributed by atoms with van der Waals surface area (Å²) in [5, 5.41) is 9.01. The van der Waals surface area contributed by atoms with Gasteiger partial charge in [0.05, 0.1) is 25.3 Å². The molecule has 0 aromatic carbocycles. The fourth-order valence-corrected chi connectivity index (χ4v) is 2.84. The van der Waals surface area contributed by atoms with E-state index in [1.54, 1.807) is 0 Å². The maximum atomic E-state index is 13.0. The standard InChI is InChI=1S/C18H29F3N6O.HI/c1-3-22-17(26-13-14(2)27-9-11-28-12-10-27)25-8-7-24-16-15(18(19,20)21)5-4-6-23-16;/h4-6,14H,3,7-13H2,1-2H3,(H,23,24)(H2,22,25,26);1H. The van der Waals surface area contributed by atoms with E-state index < -0.39 is 11.7 Å². The van der Waals surface area contributed by atoms with E-state index in [1.165, 1.54) is 12.3 Å². The fraction of sp³-hybridized carbons (Fsp3) is 0.667. The van der Waals surface area contributed by atoms with Gasteiger partial charge in [-0.25, -0.2) is 4.98 Å². The summed E-state index contributed by atoms with van der Waals surface area (Å²) in [7, 11) is 0. The Morgan fingerprint density at radius 2 is 2.00 bits per heavy atom. The summed E-state index contributed by atoms with van der Waals surface area (Å²) >= 11 is 0. The molecule has 3 N–H and O–H groups in total. The van der Waals surface area contributed by atoms with E-state index in [0.29, 0.717) is 31.6 Å². The Bertz CT molecular complexity index is 626. The zero-order valence-electron chi connectivity index (χ0n) is 16.8. The van der Waals surface area contributed by atoms with E-state index in [9.17, 15) is 13.2 Å². The maximum Gasteiger partial charge on any atom is 0.419 e. The van der Waals surface area contributed by atoms with Gasteiger partial charge >= 0.3 is 6.18 Å². The number of guanidine groups is 1. The average Bonchev–Trinajstić information content (AvgIpc) is 2.69.